The highest BCUT2D eigenvalue weighted by Crippen LogP contribution is 2.06. The summed E-state index contributed by atoms with van der Waals surface area (Å²) in [7, 11) is 0. The van der Waals surface area contributed by atoms with Gasteiger partial charge < -0.3 is 10.4 Å². The van der Waals surface area contributed by atoms with Crippen molar-refractivity contribution in [2.75, 3.05) is 11.9 Å². The van der Waals surface area contributed by atoms with Crippen LogP contribution in [0, 0.1) is 11.8 Å². The van der Waals surface area contributed by atoms with Crippen molar-refractivity contribution in [1.82, 2.24) is 14.8 Å². The number of amides is 1. The Bertz CT molecular complexity index is 641. The van der Waals surface area contributed by atoms with E-state index in [4.69, 9.17) is 5.11 Å². The summed E-state index contributed by atoms with van der Waals surface area (Å²) in [5, 5.41) is 15.4. The van der Waals surface area contributed by atoms with E-state index in [0.717, 1.165) is 5.56 Å². The predicted octanol–water partition coefficient (Wildman–Crippen LogP) is 1.04. The molecule has 0 aromatic carbocycles. The van der Waals surface area contributed by atoms with E-state index in [-0.39, 0.29) is 12.5 Å². The van der Waals surface area contributed by atoms with E-state index in [2.05, 4.69) is 27.2 Å². The molecule has 6 nitrogen and oxygen atoms in total. The summed E-state index contributed by atoms with van der Waals surface area (Å²) >= 11 is 0. The van der Waals surface area contributed by atoms with Gasteiger partial charge in [-0.1, -0.05) is 11.8 Å². The van der Waals surface area contributed by atoms with E-state index in [1.807, 2.05) is 12.3 Å². The van der Waals surface area contributed by atoms with Gasteiger partial charge in [-0.25, -0.2) is 4.98 Å². The van der Waals surface area contributed by atoms with Crippen LogP contribution >= 0.6 is 0 Å². The number of aliphatic hydroxyl groups excluding tert-OH is 1. The fourth-order valence-electron chi connectivity index (χ4n) is 1.65. The number of hydrogen-bond donors (Lipinski definition) is 2. The Labute approximate surface area is 122 Å². The number of carbonyl (C=O) groups is 1. The maximum atomic E-state index is 11.8. The Kier molecular flexibility index (Phi) is 5.50. The molecule has 0 aliphatic carbocycles. The maximum Gasteiger partial charge on any atom is 0.227 e. The first-order valence-corrected chi connectivity index (χ1v) is 6.61. The Morgan fingerprint density at radius 1 is 1.43 bits per heavy atom. The molecule has 0 aliphatic rings. The normalized spacial score (nSPS) is 9.76. The molecule has 2 rings (SSSR count). The van der Waals surface area contributed by atoms with Gasteiger partial charge in [0, 0.05) is 43.5 Å². The first-order valence-electron chi connectivity index (χ1n) is 6.61. The van der Waals surface area contributed by atoms with E-state index < -0.39 is 0 Å². The van der Waals surface area contributed by atoms with Crippen LogP contribution in [0.1, 0.15) is 18.4 Å². The zero-order chi connectivity index (χ0) is 14.9. The van der Waals surface area contributed by atoms with Gasteiger partial charge in [-0.3, -0.25) is 9.48 Å². The molecule has 0 aliphatic heterocycles. The second-order valence-corrected chi connectivity index (χ2v) is 4.27. The molecular weight excluding hydrogens is 268 g/mol. The third kappa shape index (κ3) is 5.09. The van der Waals surface area contributed by atoms with Gasteiger partial charge in [-0.2, -0.15) is 5.10 Å². The average molecular weight is 284 g/mol. The third-order valence-corrected chi connectivity index (χ3v) is 2.62. The summed E-state index contributed by atoms with van der Waals surface area (Å²) in [4.78, 5) is 15.9. The van der Waals surface area contributed by atoms with Crippen molar-refractivity contribution in [2.45, 2.75) is 19.4 Å². The van der Waals surface area contributed by atoms with Gasteiger partial charge >= 0.3 is 0 Å². The van der Waals surface area contributed by atoms with E-state index >= 15 is 0 Å². The number of aryl methyl sites for hydroxylation is 1. The standard InChI is InChI=1S/C15H16N4O2/c20-11-2-1-4-13-5-8-16-14(12-13)18-15(21)6-10-19-9-3-7-17-19/h3,5,7-9,12,20H,2,6,10-11H2,(H,16,18,21). The molecule has 21 heavy (non-hydrogen) atoms. The zero-order valence-electron chi connectivity index (χ0n) is 11.5. The third-order valence-electron chi connectivity index (χ3n) is 2.62. The van der Waals surface area contributed by atoms with Crippen LogP contribution in [0.5, 0.6) is 0 Å². The van der Waals surface area contributed by atoms with Crippen molar-refractivity contribution >= 4 is 11.7 Å². The highest BCUT2D eigenvalue weighted by atomic mass is 16.2. The van der Waals surface area contributed by atoms with Crippen molar-refractivity contribution in [3.8, 4) is 11.8 Å². The molecule has 2 heterocycles. The number of nitrogens with one attached hydrogen (secondary N) is 1. The van der Waals surface area contributed by atoms with Gasteiger partial charge in [-0.15, -0.1) is 0 Å². The molecule has 6 heteroatoms. The fraction of sp³-hybridized carbons (Fsp3) is 0.267. The van der Waals surface area contributed by atoms with Crippen LogP contribution in [-0.2, 0) is 11.3 Å². The van der Waals surface area contributed by atoms with Crippen molar-refractivity contribution in [1.29, 1.82) is 0 Å². The number of carbonyl (C=O) groups excluding carboxylic acids is 1. The van der Waals surface area contributed by atoms with Crippen LogP contribution in [0.3, 0.4) is 0 Å². The number of anilines is 1. The summed E-state index contributed by atoms with van der Waals surface area (Å²) in [6.45, 7) is 0.559. The van der Waals surface area contributed by atoms with E-state index in [9.17, 15) is 4.79 Å². The van der Waals surface area contributed by atoms with Crippen LogP contribution < -0.4 is 5.32 Å². The van der Waals surface area contributed by atoms with Crippen molar-refractivity contribution in [3.05, 3.63) is 42.4 Å². The highest BCUT2D eigenvalue weighted by Gasteiger charge is 2.04. The van der Waals surface area contributed by atoms with Gasteiger partial charge in [0.05, 0.1) is 6.61 Å². The van der Waals surface area contributed by atoms with Crippen molar-refractivity contribution < 1.29 is 9.90 Å². The average Bonchev–Trinajstić information content (AvgIpc) is 2.99. The SMILES string of the molecule is O=C(CCn1cccn1)Nc1cc(C#CCCO)ccn1. The van der Waals surface area contributed by atoms with E-state index in [1.165, 1.54) is 0 Å². The Hall–Kier alpha value is -2.65. The largest absolute Gasteiger partial charge is 0.395 e. The van der Waals surface area contributed by atoms with Gasteiger partial charge in [0.25, 0.3) is 0 Å². The first-order chi connectivity index (χ1) is 10.3. The molecule has 108 valence electrons. The van der Waals surface area contributed by atoms with Crippen LogP contribution in [0.25, 0.3) is 0 Å². The number of aliphatic hydroxyl groups is 1. The maximum absolute atomic E-state index is 11.8. The Morgan fingerprint density at radius 3 is 3.10 bits per heavy atom. The number of nitrogens with zero attached hydrogens (tertiary/aromatic N) is 3. The van der Waals surface area contributed by atoms with E-state index in [0.29, 0.717) is 25.2 Å². The molecule has 2 aromatic heterocycles. The molecule has 0 saturated heterocycles. The summed E-state index contributed by atoms with van der Waals surface area (Å²) in [6, 6.07) is 5.27. The fourth-order valence-corrected chi connectivity index (χ4v) is 1.65. The Morgan fingerprint density at radius 2 is 2.33 bits per heavy atom. The van der Waals surface area contributed by atoms with Gasteiger partial charge in [0.2, 0.25) is 5.91 Å². The minimum absolute atomic E-state index is 0.0368. The lowest BCUT2D eigenvalue weighted by molar-refractivity contribution is -0.116. The van der Waals surface area contributed by atoms with Crippen molar-refractivity contribution in [2.24, 2.45) is 0 Å². The molecule has 0 spiro atoms. The van der Waals surface area contributed by atoms with Crippen LogP contribution in [0.2, 0.25) is 0 Å². The van der Waals surface area contributed by atoms with E-state index in [1.54, 1.807) is 29.2 Å². The molecule has 2 N–H and O–H groups in total. The first kappa shape index (κ1) is 14.8. The lowest BCUT2D eigenvalue weighted by Crippen LogP contribution is -2.15. The topological polar surface area (TPSA) is 80.0 Å². The zero-order valence-corrected chi connectivity index (χ0v) is 11.5. The molecule has 2 aromatic rings. The van der Waals surface area contributed by atoms with Crippen LogP contribution in [0.15, 0.2) is 36.8 Å². The quantitative estimate of drug-likeness (QED) is 0.804. The van der Waals surface area contributed by atoms with Gasteiger partial charge in [0.15, 0.2) is 0 Å². The Balaban J connectivity index is 1.88. The highest BCUT2D eigenvalue weighted by molar-refractivity contribution is 5.89. The molecule has 1 amide bonds. The molecule has 0 atom stereocenters. The molecule has 0 bridgehead atoms. The second-order valence-electron chi connectivity index (χ2n) is 4.27. The number of aromatic nitrogens is 3. The minimum Gasteiger partial charge on any atom is -0.395 e. The number of rotatable bonds is 5. The number of hydrogen-bond acceptors (Lipinski definition) is 4. The molecule has 0 radical (unpaired) electrons. The second kappa shape index (κ2) is 7.82. The van der Waals surface area contributed by atoms with Crippen molar-refractivity contribution in [3.63, 3.8) is 0 Å². The van der Waals surface area contributed by atoms with Gasteiger partial charge in [0.1, 0.15) is 5.82 Å². The summed E-state index contributed by atoms with van der Waals surface area (Å²) in [6.07, 6.45) is 5.82. The smallest absolute Gasteiger partial charge is 0.227 e. The molecule has 0 unspecified atom stereocenters. The molecule has 0 fully saturated rings. The number of pyridine rings is 1. The minimum atomic E-state index is -0.126. The van der Waals surface area contributed by atoms with Gasteiger partial charge in [-0.05, 0) is 18.2 Å². The monoisotopic (exact) mass is 284 g/mol. The summed E-state index contributed by atoms with van der Waals surface area (Å²) in [5.74, 6) is 6.06. The summed E-state index contributed by atoms with van der Waals surface area (Å²) < 4.78 is 1.70. The van der Waals surface area contributed by atoms with Crippen LogP contribution in [-0.4, -0.2) is 32.4 Å². The van der Waals surface area contributed by atoms with Crippen LogP contribution in [0.4, 0.5) is 5.82 Å². The lowest BCUT2D eigenvalue weighted by Gasteiger charge is -2.05. The summed E-state index contributed by atoms with van der Waals surface area (Å²) in [5.41, 5.74) is 0.751. The molecule has 0 saturated carbocycles. The molecular formula is C15H16N4O2. The lowest BCUT2D eigenvalue weighted by atomic mass is 10.2. The predicted molar refractivity (Wildman–Crippen MR) is 78.3 cm³/mol.